The number of rotatable bonds is 5. The van der Waals surface area contributed by atoms with Gasteiger partial charge in [0, 0.05) is 31.2 Å². The number of hydrogen-bond acceptors (Lipinski definition) is 2. The molecule has 21 heavy (non-hydrogen) atoms. The smallest absolute Gasteiger partial charge is 0.191 e. The van der Waals surface area contributed by atoms with Gasteiger partial charge in [-0.3, -0.25) is 4.99 Å². The van der Waals surface area contributed by atoms with Crippen LogP contribution in [0.2, 0.25) is 0 Å². The van der Waals surface area contributed by atoms with Gasteiger partial charge in [-0.15, -0.1) is 0 Å². The molecule has 0 heterocycles. The molecule has 0 aliphatic carbocycles. The maximum atomic E-state index is 13.5. The predicted molar refractivity (Wildman–Crippen MR) is 82.3 cm³/mol. The number of benzene rings is 1. The summed E-state index contributed by atoms with van der Waals surface area (Å²) in [6.07, 6.45) is 0. The maximum absolute atomic E-state index is 13.5. The molecular formula is C15H24F2N4. The molecule has 0 aliphatic heterocycles. The Hall–Kier alpha value is -1.69. The molecule has 0 saturated heterocycles. The van der Waals surface area contributed by atoms with Crippen LogP contribution in [0, 0.1) is 11.6 Å². The fraction of sp³-hybridized carbons (Fsp3) is 0.533. The van der Waals surface area contributed by atoms with Crippen LogP contribution in [-0.2, 0) is 6.54 Å². The molecule has 0 aromatic heterocycles. The number of hydrogen-bond donors (Lipinski definition) is 2. The zero-order chi connectivity index (χ0) is 16.0. The van der Waals surface area contributed by atoms with Crippen molar-refractivity contribution in [2.24, 2.45) is 4.99 Å². The van der Waals surface area contributed by atoms with Crippen molar-refractivity contribution < 1.29 is 8.78 Å². The molecule has 0 radical (unpaired) electrons. The van der Waals surface area contributed by atoms with Crippen LogP contribution >= 0.6 is 0 Å². The van der Waals surface area contributed by atoms with Gasteiger partial charge in [0.05, 0.1) is 0 Å². The van der Waals surface area contributed by atoms with Crippen LogP contribution in [-0.4, -0.2) is 44.1 Å². The summed E-state index contributed by atoms with van der Waals surface area (Å²) in [5.74, 6) is -0.341. The molecule has 0 spiro atoms. The number of nitrogens with zero attached hydrogens (tertiary/aromatic N) is 2. The minimum Gasteiger partial charge on any atom is -0.355 e. The molecule has 0 aliphatic rings. The van der Waals surface area contributed by atoms with Crippen LogP contribution in [0.3, 0.4) is 0 Å². The van der Waals surface area contributed by atoms with Crippen molar-refractivity contribution >= 4 is 5.96 Å². The van der Waals surface area contributed by atoms with E-state index in [1.165, 1.54) is 6.07 Å². The lowest BCUT2D eigenvalue weighted by Crippen LogP contribution is -2.50. The molecule has 2 N–H and O–H groups in total. The molecule has 0 saturated carbocycles. The van der Waals surface area contributed by atoms with Crippen LogP contribution in [0.4, 0.5) is 8.78 Å². The normalized spacial score (nSPS) is 12.7. The SMILES string of the molecule is CN=C(NCc1cc(F)ccc1F)NCC(C)(C)N(C)C. The van der Waals surface area contributed by atoms with E-state index in [4.69, 9.17) is 0 Å². The molecule has 6 heteroatoms. The van der Waals surface area contributed by atoms with Crippen molar-refractivity contribution in [1.29, 1.82) is 0 Å². The highest BCUT2D eigenvalue weighted by Gasteiger charge is 2.20. The fourth-order valence-corrected chi connectivity index (χ4v) is 1.54. The topological polar surface area (TPSA) is 39.7 Å². The van der Waals surface area contributed by atoms with Crippen molar-refractivity contribution in [2.45, 2.75) is 25.9 Å². The first-order valence-electron chi connectivity index (χ1n) is 6.82. The largest absolute Gasteiger partial charge is 0.355 e. The van der Waals surface area contributed by atoms with Crippen LogP contribution in [0.25, 0.3) is 0 Å². The van der Waals surface area contributed by atoms with Crippen LogP contribution < -0.4 is 10.6 Å². The van der Waals surface area contributed by atoms with E-state index in [2.05, 4.69) is 34.4 Å². The van der Waals surface area contributed by atoms with Crippen LogP contribution in [0.15, 0.2) is 23.2 Å². The van der Waals surface area contributed by atoms with E-state index in [9.17, 15) is 8.78 Å². The fourth-order valence-electron chi connectivity index (χ4n) is 1.54. The molecule has 0 atom stereocenters. The van der Waals surface area contributed by atoms with E-state index in [0.717, 1.165) is 12.1 Å². The van der Waals surface area contributed by atoms with Gasteiger partial charge >= 0.3 is 0 Å². The zero-order valence-electron chi connectivity index (χ0n) is 13.3. The van der Waals surface area contributed by atoms with E-state index in [-0.39, 0.29) is 17.6 Å². The first kappa shape index (κ1) is 17.4. The molecule has 1 aromatic carbocycles. The highest BCUT2D eigenvalue weighted by molar-refractivity contribution is 5.79. The number of aliphatic imine (C=N–C) groups is 1. The Morgan fingerprint density at radius 3 is 2.48 bits per heavy atom. The van der Waals surface area contributed by atoms with Gasteiger partial charge in [0.2, 0.25) is 0 Å². The molecule has 1 rings (SSSR count). The van der Waals surface area contributed by atoms with E-state index in [1.807, 2.05) is 14.1 Å². The van der Waals surface area contributed by atoms with E-state index in [1.54, 1.807) is 7.05 Å². The van der Waals surface area contributed by atoms with Crippen molar-refractivity contribution in [2.75, 3.05) is 27.7 Å². The number of guanidine groups is 1. The Morgan fingerprint density at radius 2 is 1.90 bits per heavy atom. The summed E-state index contributed by atoms with van der Waals surface area (Å²) in [6, 6.07) is 3.41. The van der Waals surface area contributed by atoms with Crippen molar-refractivity contribution in [3.8, 4) is 0 Å². The monoisotopic (exact) mass is 298 g/mol. The summed E-state index contributed by atoms with van der Waals surface area (Å²) in [4.78, 5) is 6.17. The molecule has 4 nitrogen and oxygen atoms in total. The van der Waals surface area contributed by atoms with Gasteiger partial charge < -0.3 is 15.5 Å². The predicted octanol–water partition coefficient (Wildman–Crippen LogP) is 1.97. The minimum absolute atomic E-state index is 0.0538. The second-order valence-electron chi connectivity index (χ2n) is 5.72. The average molecular weight is 298 g/mol. The van der Waals surface area contributed by atoms with Gasteiger partial charge in [-0.1, -0.05) is 0 Å². The standard InChI is InChI=1S/C15H24F2N4/c1-15(2,21(4)5)10-20-14(18-3)19-9-11-8-12(16)6-7-13(11)17/h6-8H,9-10H2,1-5H3,(H2,18,19,20). The average Bonchev–Trinajstić information content (AvgIpc) is 2.42. The number of nitrogens with one attached hydrogen (secondary N) is 2. The number of likely N-dealkylation sites (N-methyl/N-ethyl adjacent to an activating group) is 1. The third-order valence-corrected chi connectivity index (χ3v) is 3.58. The Bertz CT molecular complexity index is 498. The third-order valence-electron chi connectivity index (χ3n) is 3.58. The molecule has 0 unspecified atom stereocenters. The Kier molecular flexibility index (Phi) is 6.08. The molecule has 1 aromatic rings. The summed E-state index contributed by atoms with van der Waals surface area (Å²) >= 11 is 0. The lowest BCUT2D eigenvalue weighted by Gasteiger charge is -2.33. The lowest BCUT2D eigenvalue weighted by molar-refractivity contribution is 0.197. The molecule has 118 valence electrons. The van der Waals surface area contributed by atoms with E-state index < -0.39 is 11.6 Å². The highest BCUT2D eigenvalue weighted by Crippen LogP contribution is 2.09. The Labute approximate surface area is 125 Å². The van der Waals surface area contributed by atoms with Gasteiger partial charge in [0.25, 0.3) is 0 Å². The van der Waals surface area contributed by atoms with Gasteiger partial charge in [0.1, 0.15) is 11.6 Å². The van der Waals surface area contributed by atoms with E-state index >= 15 is 0 Å². The molecular weight excluding hydrogens is 274 g/mol. The summed E-state index contributed by atoms with van der Waals surface area (Å²) in [6.45, 7) is 5.04. The summed E-state index contributed by atoms with van der Waals surface area (Å²) in [7, 11) is 5.64. The van der Waals surface area contributed by atoms with Gasteiger partial charge in [-0.05, 0) is 46.1 Å². The van der Waals surface area contributed by atoms with Gasteiger partial charge in [-0.2, -0.15) is 0 Å². The summed E-state index contributed by atoms with van der Waals surface area (Å²) in [5, 5.41) is 6.16. The van der Waals surface area contributed by atoms with E-state index in [0.29, 0.717) is 12.5 Å². The minimum atomic E-state index is -0.454. The molecule has 0 fully saturated rings. The molecule has 0 amide bonds. The zero-order valence-corrected chi connectivity index (χ0v) is 13.3. The number of halogens is 2. The molecule has 0 bridgehead atoms. The second-order valence-corrected chi connectivity index (χ2v) is 5.72. The van der Waals surface area contributed by atoms with Crippen molar-refractivity contribution in [1.82, 2.24) is 15.5 Å². The van der Waals surface area contributed by atoms with Crippen molar-refractivity contribution in [3.63, 3.8) is 0 Å². The third kappa shape index (κ3) is 5.30. The first-order chi connectivity index (χ1) is 9.76. The lowest BCUT2D eigenvalue weighted by atomic mass is 10.0. The second kappa shape index (κ2) is 7.36. The van der Waals surface area contributed by atoms with Crippen LogP contribution in [0.1, 0.15) is 19.4 Å². The first-order valence-corrected chi connectivity index (χ1v) is 6.82. The highest BCUT2D eigenvalue weighted by atomic mass is 19.1. The summed E-state index contributed by atoms with van der Waals surface area (Å²) in [5.41, 5.74) is 0.215. The summed E-state index contributed by atoms with van der Waals surface area (Å²) < 4.78 is 26.6. The quantitative estimate of drug-likeness (QED) is 0.645. The Morgan fingerprint density at radius 1 is 1.24 bits per heavy atom. The van der Waals surface area contributed by atoms with Gasteiger partial charge in [0.15, 0.2) is 5.96 Å². The van der Waals surface area contributed by atoms with Crippen molar-refractivity contribution in [3.05, 3.63) is 35.4 Å². The maximum Gasteiger partial charge on any atom is 0.191 e. The van der Waals surface area contributed by atoms with Gasteiger partial charge in [-0.25, -0.2) is 8.78 Å². The van der Waals surface area contributed by atoms with Crippen LogP contribution in [0.5, 0.6) is 0 Å². The Balaban J connectivity index is 2.58.